The molecule has 0 amide bonds. The summed E-state index contributed by atoms with van der Waals surface area (Å²) in [5, 5.41) is 2.38. The molecule has 1 rings (SSSR count). The Balaban J connectivity index is 2.09. The highest BCUT2D eigenvalue weighted by molar-refractivity contribution is 9.09. The first kappa shape index (κ1) is 9.05. The van der Waals surface area contributed by atoms with Gasteiger partial charge >= 0.3 is 0 Å². The third kappa shape index (κ3) is 2.23. The summed E-state index contributed by atoms with van der Waals surface area (Å²) < 4.78 is 0. The zero-order valence-electron chi connectivity index (χ0n) is 6.15. The molecule has 0 radical (unpaired) electrons. The molecular weight excluding hydrogens is 256 g/mol. The van der Waals surface area contributed by atoms with Gasteiger partial charge in [0.15, 0.2) is 0 Å². The molecule has 1 aliphatic carbocycles. The lowest BCUT2D eigenvalue weighted by molar-refractivity contribution is 0.168. The van der Waals surface area contributed by atoms with Crippen molar-refractivity contribution in [1.82, 2.24) is 0 Å². The van der Waals surface area contributed by atoms with Gasteiger partial charge in [0.1, 0.15) is 0 Å². The number of alkyl halides is 2. The topological polar surface area (TPSA) is 0 Å². The molecule has 0 N–H and O–H groups in total. The SMILES string of the molecule is BrCC[C@@H]1CC[C@@H]1CCBr. The number of hydrogen-bond acceptors (Lipinski definition) is 0. The molecule has 0 aliphatic heterocycles. The Hall–Kier alpha value is 0.960. The fraction of sp³-hybridized carbons (Fsp3) is 1.00. The fourth-order valence-electron chi connectivity index (χ4n) is 1.68. The largest absolute Gasteiger partial charge is 0.0928 e. The molecule has 0 nitrogen and oxygen atoms in total. The Morgan fingerprint density at radius 3 is 1.50 bits per heavy atom. The lowest BCUT2D eigenvalue weighted by Gasteiger charge is -2.36. The van der Waals surface area contributed by atoms with E-state index in [1.807, 2.05) is 0 Å². The van der Waals surface area contributed by atoms with Crippen LogP contribution < -0.4 is 0 Å². The second-order valence-corrected chi connectivity index (χ2v) is 4.64. The molecule has 2 heteroatoms. The van der Waals surface area contributed by atoms with Crippen molar-refractivity contribution in [2.24, 2.45) is 11.8 Å². The van der Waals surface area contributed by atoms with Gasteiger partial charge in [-0.2, -0.15) is 0 Å². The molecule has 0 spiro atoms. The minimum atomic E-state index is 1.04. The van der Waals surface area contributed by atoms with Gasteiger partial charge < -0.3 is 0 Å². The van der Waals surface area contributed by atoms with Crippen LogP contribution in [0.25, 0.3) is 0 Å². The van der Waals surface area contributed by atoms with Crippen LogP contribution in [-0.2, 0) is 0 Å². The van der Waals surface area contributed by atoms with Crippen molar-refractivity contribution >= 4 is 31.9 Å². The zero-order valence-corrected chi connectivity index (χ0v) is 9.33. The lowest BCUT2D eigenvalue weighted by Crippen LogP contribution is -2.26. The molecule has 0 saturated heterocycles. The number of rotatable bonds is 4. The van der Waals surface area contributed by atoms with Crippen LogP contribution >= 0.6 is 31.9 Å². The van der Waals surface area contributed by atoms with E-state index in [-0.39, 0.29) is 0 Å². The van der Waals surface area contributed by atoms with E-state index in [1.165, 1.54) is 36.3 Å². The first-order valence-electron chi connectivity index (χ1n) is 4.00. The highest BCUT2D eigenvalue weighted by atomic mass is 79.9. The van der Waals surface area contributed by atoms with E-state index >= 15 is 0 Å². The summed E-state index contributed by atoms with van der Waals surface area (Å²) in [4.78, 5) is 0. The molecule has 1 saturated carbocycles. The van der Waals surface area contributed by atoms with Crippen LogP contribution in [0.1, 0.15) is 25.7 Å². The first-order valence-corrected chi connectivity index (χ1v) is 6.24. The van der Waals surface area contributed by atoms with Gasteiger partial charge in [-0.1, -0.05) is 31.9 Å². The van der Waals surface area contributed by atoms with Crippen molar-refractivity contribution in [3.05, 3.63) is 0 Å². The van der Waals surface area contributed by atoms with E-state index in [2.05, 4.69) is 31.9 Å². The summed E-state index contributed by atoms with van der Waals surface area (Å²) >= 11 is 6.98. The zero-order chi connectivity index (χ0) is 7.40. The van der Waals surface area contributed by atoms with Crippen LogP contribution in [0.15, 0.2) is 0 Å². The maximum Gasteiger partial charge on any atom is 0.00340 e. The predicted octanol–water partition coefficient (Wildman–Crippen LogP) is 3.58. The molecule has 1 aliphatic rings. The molecule has 2 atom stereocenters. The molecule has 0 unspecified atom stereocenters. The second kappa shape index (κ2) is 4.76. The third-order valence-corrected chi connectivity index (χ3v) is 3.45. The minimum Gasteiger partial charge on any atom is -0.0928 e. The minimum absolute atomic E-state index is 1.04. The monoisotopic (exact) mass is 268 g/mol. The Morgan fingerprint density at radius 1 is 0.900 bits per heavy atom. The van der Waals surface area contributed by atoms with Crippen molar-refractivity contribution < 1.29 is 0 Å². The summed E-state index contributed by atoms with van der Waals surface area (Å²) in [6, 6.07) is 0. The molecule has 60 valence electrons. The van der Waals surface area contributed by atoms with E-state index in [0.717, 1.165) is 11.8 Å². The van der Waals surface area contributed by atoms with Gasteiger partial charge in [0.05, 0.1) is 0 Å². The Bertz CT molecular complexity index is 81.3. The standard InChI is InChI=1S/C8H14Br2/c9-5-3-7-1-2-8(7)4-6-10/h7-8H,1-6H2/t7-,8+. The third-order valence-electron chi connectivity index (χ3n) is 2.53. The maximum atomic E-state index is 3.49. The van der Waals surface area contributed by atoms with E-state index in [0.29, 0.717) is 0 Å². The molecule has 0 aromatic carbocycles. The van der Waals surface area contributed by atoms with Crippen LogP contribution in [-0.4, -0.2) is 10.7 Å². The smallest absolute Gasteiger partial charge is 0.00340 e. The van der Waals surface area contributed by atoms with E-state index in [1.54, 1.807) is 0 Å². The van der Waals surface area contributed by atoms with Crippen molar-refractivity contribution in [1.29, 1.82) is 0 Å². The molecule has 1 fully saturated rings. The summed E-state index contributed by atoms with van der Waals surface area (Å²) in [7, 11) is 0. The van der Waals surface area contributed by atoms with Crippen molar-refractivity contribution in [3.8, 4) is 0 Å². The molecule has 10 heavy (non-hydrogen) atoms. The average molecular weight is 270 g/mol. The Morgan fingerprint density at radius 2 is 1.30 bits per heavy atom. The summed E-state index contributed by atoms with van der Waals surface area (Å²) in [5.74, 6) is 2.08. The second-order valence-electron chi connectivity index (χ2n) is 3.05. The van der Waals surface area contributed by atoms with Gasteiger partial charge in [-0.3, -0.25) is 0 Å². The molecule has 0 heterocycles. The first-order chi connectivity index (χ1) is 4.88. The van der Waals surface area contributed by atoms with Crippen LogP contribution in [0.3, 0.4) is 0 Å². The van der Waals surface area contributed by atoms with Crippen LogP contribution in [0.2, 0.25) is 0 Å². The average Bonchev–Trinajstić information content (AvgIpc) is 1.93. The predicted molar refractivity (Wildman–Crippen MR) is 53.0 cm³/mol. The maximum absolute atomic E-state index is 3.49. The Kier molecular flexibility index (Phi) is 4.31. The van der Waals surface area contributed by atoms with E-state index < -0.39 is 0 Å². The fourth-order valence-corrected chi connectivity index (χ4v) is 2.85. The van der Waals surface area contributed by atoms with Gasteiger partial charge in [0.25, 0.3) is 0 Å². The summed E-state index contributed by atoms with van der Waals surface area (Å²) in [6.07, 6.45) is 5.72. The molecule has 0 aromatic heterocycles. The Labute approximate surface area is 80.0 Å². The molecular formula is C8H14Br2. The van der Waals surface area contributed by atoms with Crippen LogP contribution in [0.4, 0.5) is 0 Å². The van der Waals surface area contributed by atoms with Gasteiger partial charge in [-0.15, -0.1) is 0 Å². The number of halogens is 2. The van der Waals surface area contributed by atoms with Gasteiger partial charge in [-0.05, 0) is 37.5 Å². The van der Waals surface area contributed by atoms with Crippen molar-refractivity contribution in [2.45, 2.75) is 25.7 Å². The summed E-state index contributed by atoms with van der Waals surface area (Å²) in [6.45, 7) is 0. The van der Waals surface area contributed by atoms with Crippen molar-refractivity contribution in [2.75, 3.05) is 10.7 Å². The lowest BCUT2D eigenvalue weighted by atomic mass is 9.71. The van der Waals surface area contributed by atoms with Crippen LogP contribution in [0.5, 0.6) is 0 Å². The van der Waals surface area contributed by atoms with Crippen LogP contribution in [0, 0.1) is 11.8 Å². The molecule has 0 aromatic rings. The quantitative estimate of drug-likeness (QED) is 0.685. The van der Waals surface area contributed by atoms with Gasteiger partial charge in [0, 0.05) is 10.7 Å². The van der Waals surface area contributed by atoms with Gasteiger partial charge in [-0.25, -0.2) is 0 Å². The van der Waals surface area contributed by atoms with Gasteiger partial charge in [0.2, 0.25) is 0 Å². The highest BCUT2D eigenvalue weighted by Gasteiger charge is 2.28. The number of hydrogen-bond donors (Lipinski definition) is 0. The van der Waals surface area contributed by atoms with Crippen molar-refractivity contribution in [3.63, 3.8) is 0 Å². The van der Waals surface area contributed by atoms with E-state index in [9.17, 15) is 0 Å². The normalized spacial score (nSPS) is 31.8. The summed E-state index contributed by atoms with van der Waals surface area (Å²) in [5.41, 5.74) is 0. The van der Waals surface area contributed by atoms with E-state index in [4.69, 9.17) is 0 Å². The molecule has 0 bridgehead atoms. The highest BCUT2D eigenvalue weighted by Crippen LogP contribution is 2.39.